The van der Waals surface area contributed by atoms with Gasteiger partial charge in [-0.2, -0.15) is 0 Å². The average molecular weight is 217 g/mol. The van der Waals surface area contributed by atoms with Crippen LogP contribution >= 0.6 is 12.4 Å². The zero-order valence-corrected chi connectivity index (χ0v) is 7.94. The molecule has 1 unspecified atom stereocenters. The summed E-state index contributed by atoms with van der Waals surface area (Å²) in [6.45, 7) is -0.00546. The van der Waals surface area contributed by atoms with Gasteiger partial charge in [-0.15, -0.1) is 12.4 Å². The number of esters is 1. The summed E-state index contributed by atoms with van der Waals surface area (Å²) < 4.78 is 3.99. The highest BCUT2D eigenvalue weighted by molar-refractivity contribution is 5.85. The molecule has 0 aromatic heterocycles. The molecule has 0 saturated carbocycles. The van der Waals surface area contributed by atoms with Crippen LogP contribution in [0.1, 0.15) is 11.7 Å². The molecule has 4 nitrogen and oxygen atoms in total. The van der Waals surface area contributed by atoms with Crippen molar-refractivity contribution < 1.29 is 19.4 Å². The van der Waals surface area contributed by atoms with E-state index in [2.05, 4.69) is 4.74 Å². The normalized spacial score (nSPS) is 10.9. The van der Waals surface area contributed by atoms with Crippen LogP contribution in [0.2, 0.25) is 0 Å². The number of carbonyl (C=O) groups excluding carboxylic acids is 2. The minimum absolute atomic E-state index is 0. The van der Waals surface area contributed by atoms with Crippen LogP contribution in [0, 0.1) is 0 Å². The third kappa shape index (κ3) is 3.16. The van der Waals surface area contributed by atoms with Crippen LogP contribution in [0.3, 0.4) is 0 Å². The van der Waals surface area contributed by atoms with Gasteiger partial charge in [0, 0.05) is 0 Å². The molecule has 0 aliphatic rings. The number of aliphatic hydroxyl groups excluding tert-OH is 1. The predicted molar refractivity (Wildman–Crippen MR) is 50.8 cm³/mol. The van der Waals surface area contributed by atoms with Crippen molar-refractivity contribution in [2.75, 3.05) is 0 Å². The molecule has 1 aromatic rings. The van der Waals surface area contributed by atoms with Gasteiger partial charge in [-0.3, -0.25) is 4.79 Å². The second-order valence-electron chi connectivity index (χ2n) is 2.35. The van der Waals surface area contributed by atoms with Gasteiger partial charge in [0.15, 0.2) is 6.10 Å². The van der Waals surface area contributed by atoms with Gasteiger partial charge in [0.2, 0.25) is 0 Å². The summed E-state index contributed by atoms with van der Waals surface area (Å²) in [5, 5.41) is 9.29. The summed E-state index contributed by atoms with van der Waals surface area (Å²) in [5.74, 6) is -0.971. The van der Waals surface area contributed by atoms with Crippen molar-refractivity contribution in [1.82, 2.24) is 0 Å². The summed E-state index contributed by atoms with van der Waals surface area (Å²) in [6, 6.07) is 8.23. The van der Waals surface area contributed by atoms with Gasteiger partial charge in [-0.25, -0.2) is 4.79 Å². The predicted octanol–water partition coefficient (Wildman–Crippen LogP) is 0.841. The molecule has 0 heterocycles. The van der Waals surface area contributed by atoms with Crippen LogP contribution in [-0.2, 0) is 14.3 Å². The first kappa shape index (κ1) is 12.6. The number of benzene rings is 1. The molecular weight excluding hydrogens is 208 g/mol. The highest BCUT2D eigenvalue weighted by Crippen LogP contribution is 2.12. The lowest BCUT2D eigenvalue weighted by Gasteiger charge is -2.06. The first-order valence-electron chi connectivity index (χ1n) is 3.63. The van der Waals surface area contributed by atoms with E-state index in [1.807, 2.05) is 0 Å². The van der Waals surface area contributed by atoms with Crippen molar-refractivity contribution in [2.24, 2.45) is 0 Å². The van der Waals surface area contributed by atoms with Gasteiger partial charge >= 0.3 is 12.4 Å². The molecule has 76 valence electrons. The van der Waals surface area contributed by atoms with Crippen molar-refractivity contribution in [2.45, 2.75) is 6.10 Å². The Balaban J connectivity index is 0.00000169. The quantitative estimate of drug-likeness (QED) is 0.462. The Bertz CT molecular complexity index is 299. The van der Waals surface area contributed by atoms with E-state index in [4.69, 9.17) is 0 Å². The van der Waals surface area contributed by atoms with Gasteiger partial charge in [0.25, 0.3) is 0 Å². The Labute approximate surface area is 86.9 Å². The highest BCUT2D eigenvalue weighted by Gasteiger charge is 2.17. The average Bonchev–Trinajstić information content (AvgIpc) is 2.18. The lowest BCUT2D eigenvalue weighted by atomic mass is 10.1. The largest absolute Gasteiger partial charge is 0.393 e. The van der Waals surface area contributed by atoms with Crippen LogP contribution < -0.4 is 0 Å². The summed E-state index contributed by atoms with van der Waals surface area (Å²) in [7, 11) is 0. The first-order chi connectivity index (χ1) is 6.25. The van der Waals surface area contributed by atoms with Crippen LogP contribution in [0.25, 0.3) is 0 Å². The van der Waals surface area contributed by atoms with Gasteiger partial charge in [-0.1, -0.05) is 30.3 Å². The molecule has 0 aliphatic heterocycles. The molecule has 0 radical (unpaired) electrons. The second kappa shape index (κ2) is 6.12. The number of aliphatic hydroxyl groups is 1. The monoisotopic (exact) mass is 216 g/mol. The fraction of sp³-hybridized carbons (Fsp3) is 0.111. The number of ether oxygens (including phenoxy) is 1. The maximum atomic E-state index is 10.8. The van der Waals surface area contributed by atoms with Gasteiger partial charge in [0.1, 0.15) is 0 Å². The third-order valence-electron chi connectivity index (χ3n) is 1.50. The number of rotatable bonds is 3. The summed E-state index contributed by atoms with van der Waals surface area (Å²) in [5.41, 5.74) is 0.398. The molecule has 1 rings (SSSR count). The molecule has 0 aliphatic carbocycles. The minimum Gasteiger partial charge on any atom is -0.393 e. The van der Waals surface area contributed by atoms with Crippen LogP contribution in [-0.4, -0.2) is 17.5 Å². The molecule has 0 spiro atoms. The number of carbonyl (C=O) groups is 2. The third-order valence-corrected chi connectivity index (χ3v) is 1.50. The molecule has 0 amide bonds. The lowest BCUT2D eigenvalue weighted by molar-refractivity contribution is -0.159. The standard InChI is InChI=1S/C9H8O4.ClH/c10-6-13-9(12)8(11)7-4-2-1-3-5-7;/h1-6,8,11H;1H. The van der Waals surface area contributed by atoms with Crippen LogP contribution in [0.4, 0.5) is 0 Å². The molecular formula is C9H9ClO4. The van der Waals surface area contributed by atoms with Crippen molar-refractivity contribution in [3.05, 3.63) is 35.9 Å². The van der Waals surface area contributed by atoms with Crippen molar-refractivity contribution in [1.29, 1.82) is 0 Å². The number of halogens is 1. The molecule has 0 saturated heterocycles. The van der Waals surface area contributed by atoms with E-state index in [0.717, 1.165) is 0 Å². The Morgan fingerprint density at radius 3 is 2.43 bits per heavy atom. The smallest absolute Gasteiger partial charge is 0.347 e. The minimum atomic E-state index is -1.40. The molecule has 1 atom stereocenters. The maximum absolute atomic E-state index is 10.8. The number of hydrogen-bond acceptors (Lipinski definition) is 4. The summed E-state index contributed by atoms with van der Waals surface area (Å²) in [4.78, 5) is 20.6. The molecule has 0 fully saturated rings. The van der Waals surface area contributed by atoms with E-state index < -0.39 is 12.1 Å². The fourth-order valence-electron chi connectivity index (χ4n) is 0.883. The topological polar surface area (TPSA) is 63.6 Å². The van der Waals surface area contributed by atoms with Gasteiger partial charge in [0.05, 0.1) is 0 Å². The molecule has 5 heteroatoms. The van der Waals surface area contributed by atoms with Crippen molar-refractivity contribution in [3.63, 3.8) is 0 Å². The highest BCUT2D eigenvalue weighted by atomic mass is 35.5. The van der Waals surface area contributed by atoms with Crippen molar-refractivity contribution >= 4 is 24.8 Å². The Morgan fingerprint density at radius 2 is 1.93 bits per heavy atom. The fourth-order valence-corrected chi connectivity index (χ4v) is 0.883. The summed E-state index contributed by atoms with van der Waals surface area (Å²) >= 11 is 0. The van der Waals surface area contributed by atoms with E-state index in [9.17, 15) is 14.7 Å². The van der Waals surface area contributed by atoms with Crippen molar-refractivity contribution in [3.8, 4) is 0 Å². The van der Waals surface area contributed by atoms with E-state index in [1.165, 1.54) is 0 Å². The molecule has 1 N–H and O–H groups in total. The lowest BCUT2D eigenvalue weighted by Crippen LogP contribution is -2.14. The van der Waals surface area contributed by atoms with E-state index in [-0.39, 0.29) is 18.9 Å². The summed E-state index contributed by atoms with van der Waals surface area (Å²) in [6.07, 6.45) is -1.40. The van der Waals surface area contributed by atoms with Gasteiger partial charge in [-0.05, 0) is 5.56 Å². The zero-order chi connectivity index (χ0) is 9.68. The van der Waals surface area contributed by atoms with E-state index >= 15 is 0 Å². The second-order valence-corrected chi connectivity index (χ2v) is 2.35. The van der Waals surface area contributed by atoms with Crippen LogP contribution in [0.15, 0.2) is 30.3 Å². The molecule has 14 heavy (non-hydrogen) atoms. The Morgan fingerprint density at radius 1 is 1.36 bits per heavy atom. The number of hydrogen-bond donors (Lipinski definition) is 1. The Kier molecular flexibility index (Phi) is 5.52. The first-order valence-corrected chi connectivity index (χ1v) is 3.63. The SMILES string of the molecule is Cl.O=COC(=O)C(O)c1ccccc1. The van der Waals surface area contributed by atoms with E-state index in [0.29, 0.717) is 5.56 Å². The van der Waals surface area contributed by atoms with Crippen LogP contribution in [0.5, 0.6) is 0 Å². The maximum Gasteiger partial charge on any atom is 0.347 e. The van der Waals surface area contributed by atoms with Gasteiger partial charge < -0.3 is 9.84 Å². The van der Waals surface area contributed by atoms with E-state index in [1.54, 1.807) is 30.3 Å². The zero-order valence-electron chi connectivity index (χ0n) is 7.12. The Hall–Kier alpha value is -1.39. The molecule has 1 aromatic carbocycles. The molecule has 0 bridgehead atoms.